The van der Waals surface area contributed by atoms with Gasteiger partial charge in [-0.1, -0.05) is 18.2 Å². The lowest BCUT2D eigenvalue weighted by atomic mass is 10.1. The van der Waals surface area contributed by atoms with Gasteiger partial charge in [0.25, 0.3) is 5.69 Å². The first-order valence-electron chi connectivity index (χ1n) is 7.39. The summed E-state index contributed by atoms with van der Waals surface area (Å²) in [5.41, 5.74) is 5.00. The van der Waals surface area contributed by atoms with Crippen molar-refractivity contribution >= 4 is 39.4 Å². The molecule has 0 saturated carbocycles. The molecule has 0 aromatic heterocycles. The molecular weight excluding hydrogens is 388 g/mol. The van der Waals surface area contributed by atoms with Gasteiger partial charge in [0.15, 0.2) is 0 Å². The first-order chi connectivity index (χ1) is 11.9. The van der Waals surface area contributed by atoms with Crippen molar-refractivity contribution in [3.8, 4) is 0 Å². The van der Waals surface area contributed by atoms with Crippen molar-refractivity contribution in [3.05, 3.63) is 68.2 Å². The zero-order valence-corrected chi connectivity index (χ0v) is 15.4. The van der Waals surface area contributed by atoms with E-state index in [-0.39, 0.29) is 18.0 Å². The van der Waals surface area contributed by atoms with Gasteiger partial charge in [0.1, 0.15) is 0 Å². The molecule has 0 bridgehead atoms. The monoisotopic (exact) mass is 404 g/mol. The number of nitrogens with zero attached hydrogens (tertiary/aromatic N) is 3. The van der Waals surface area contributed by atoms with E-state index in [0.717, 1.165) is 15.7 Å². The Kier molecular flexibility index (Phi) is 6.24. The van der Waals surface area contributed by atoms with Crippen LogP contribution in [0.25, 0.3) is 0 Å². The van der Waals surface area contributed by atoms with Gasteiger partial charge in [-0.05, 0) is 39.2 Å². The molecule has 130 valence electrons. The van der Waals surface area contributed by atoms with Gasteiger partial charge in [-0.15, -0.1) is 0 Å². The van der Waals surface area contributed by atoms with E-state index < -0.39 is 4.92 Å². The third kappa shape index (κ3) is 5.39. The second kappa shape index (κ2) is 8.39. The molecule has 0 radical (unpaired) electrons. The Morgan fingerprint density at radius 2 is 1.96 bits per heavy atom. The van der Waals surface area contributed by atoms with Crippen molar-refractivity contribution < 1.29 is 9.72 Å². The number of nitro groups is 1. The smallest absolute Gasteiger partial charge is 0.269 e. The number of hydrazone groups is 1. The Morgan fingerprint density at radius 1 is 1.28 bits per heavy atom. The van der Waals surface area contributed by atoms with Crippen molar-refractivity contribution in [1.82, 2.24) is 5.43 Å². The van der Waals surface area contributed by atoms with Gasteiger partial charge < -0.3 is 4.90 Å². The number of rotatable bonds is 6. The third-order valence-electron chi connectivity index (χ3n) is 3.37. The fourth-order valence-electron chi connectivity index (χ4n) is 2.11. The first-order valence-corrected chi connectivity index (χ1v) is 8.18. The van der Waals surface area contributed by atoms with E-state index in [0.29, 0.717) is 5.56 Å². The van der Waals surface area contributed by atoms with E-state index in [4.69, 9.17) is 0 Å². The molecule has 0 heterocycles. The SMILES string of the molecule is CN(C)c1ccc(/C=N\NC(=O)Cc2ccc([N+](=O)[O-])cc2)cc1Br. The quantitative estimate of drug-likeness (QED) is 0.455. The molecule has 1 amide bonds. The average Bonchev–Trinajstić information content (AvgIpc) is 2.55. The first kappa shape index (κ1) is 18.6. The molecule has 0 spiro atoms. The molecule has 2 aromatic carbocycles. The maximum atomic E-state index is 11.9. The molecule has 8 heteroatoms. The lowest BCUT2D eigenvalue weighted by Crippen LogP contribution is -2.19. The molecule has 1 N–H and O–H groups in total. The van der Waals surface area contributed by atoms with Crippen molar-refractivity contribution in [3.63, 3.8) is 0 Å². The van der Waals surface area contributed by atoms with E-state index in [9.17, 15) is 14.9 Å². The van der Waals surface area contributed by atoms with E-state index >= 15 is 0 Å². The fraction of sp³-hybridized carbons (Fsp3) is 0.176. The lowest BCUT2D eigenvalue weighted by Gasteiger charge is -2.14. The number of nitrogens with one attached hydrogen (secondary N) is 1. The summed E-state index contributed by atoms with van der Waals surface area (Å²) in [4.78, 5) is 24.0. The largest absolute Gasteiger partial charge is 0.377 e. The lowest BCUT2D eigenvalue weighted by molar-refractivity contribution is -0.384. The standard InChI is InChI=1S/C17H17BrN4O3/c1-21(2)16-8-5-13(9-15(16)18)11-19-20-17(23)10-12-3-6-14(7-4-12)22(24)25/h3-9,11H,10H2,1-2H3,(H,20,23)/b19-11-. The maximum absolute atomic E-state index is 11.9. The van der Waals surface area contributed by atoms with Crippen LogP contribution in [0, 0.1) is 10.1 Å². The Bertz CT molecular complexity index is 804. The summed E-state index contributed by atoms with van der Waals surface area (Å²) in [5.74, 6) is -0.297. The molecule has 0 aliphatic rings. The Morgan fingerprint density at radius 3 is 2.52 bits per heavy atom. The van der Waals surface area contributed by atoms with E-state index in [2.05, 4.69) is 26.5 Å². The number of benzene rings is 2. The van der Waals surface area contributed by atoms with E-state index in [1.807, 2.05) is 37.2 Å². The normalized spacial score (nSPS) is 10.7. The number of nitro benzene ring substituents is 1. The zero-order chi connectivity index (χ0) is 18.4. The van der Waals surface area contributed by atoms with Crippen LogP contribution < -0.4 is 10.3 Å². The number of amides is 1. The number of anilines is 1. The second-order valence-corrected chi connectivity index (χ2v) is 6.35. The van der Waals surface area contributed by atoms with Crippen molar-refractivity contribution in [1.29, 1.82) is 0 Å². The predicted octanol–water partition coefficient (Wildman–Crippen LogP) is 3.12. The Hall–Kier alpha value is -2.74. The van der Waals surface area contributed by atoms with Crippen LogP contribution in [0.5, 0.6) is 0 Å². The van der Waals surface area contributed by atoms with Gasteiger partial charge in [-0.2, -0.15) is 5.10 Å². The van der Waals surface area contributed by atoms with Crippen molar-refractivity contribution in [2.24, 2.45) is 5.10 Å². The molecule has 7 nitrogen and oxygen atoms in total. The zero-order valence-electron chi connectivity index (χ0n) is 13.8. The highest BCUT2D eigenvalue weighted by Crippen LogP contribution is 2.25. The topological polar surface area (TPSA) is 87.8 Å². The van der Waals surface area contributed by atoms with Crippen LogP contribution in [0.3, 0.4) is 0 Å². The molecule has 0 atom stereocenters. The molecule has 0 aliphatic carbocycles. The highest BCUT2D eigenvalue weighted by Gasteiger charge is 2.07. The molecule has 2 aromatic rings. The molecule has 0 unspecified atom stereocenters. The second-order valence-electron chi connectivity index (χ2n) is 5.50. The minimum absolute atomic E-state index is 0.00562. The Labute approximate surface area is 153 Å². The summed E-state index contributed by atoms with van der Waals surface area (Å²) in [6, 6.07) is 11.6. The average molecular weight is 405 g/mol. The van der Waals surface area contributed by atoms with Gasteiger partial charge in [0, 0.05) is 30.7 Å². The number of carbonyl (C=O) groups excluding carboxylic acids is 1. The van der Waals surface area contributed by atoms with Gasteiger partial charge in [-0.3, -0.25) is 14.9 Å². The van der Waals surface area contributed by atoms with Gasteiger partial charge in [-0.25, -0.2) is 5.43 Å². The molecular formula is C17H17BrN4O3. The van der Waals surface area contributed by atoms with Crippen LogP contribution >= 0.6 is 15.9 Å². The molecule has 2 rings (SSSR count). The third-order valence-corrected chi connectivity index (χ3v) is 4.00. The molecule has 0 fully saturated rings. The molecule has 0 saturated heterocycles. The highest BCUT2D eigenvalue weighted by molar-refractivity contribution is 9.10. The van der Waals surface area contributed by atoms with Crippen LogP contribution in [0.15, 0.2) is 52.0 Å². The minimum Gasteiger partial charge on any atom is -0.377 e. The number of carbonyl (C=O) groups is 1. The van der Waals surface area contributed by atoms with E-state index in [1.54, 1.807) is 18.3 Å². The van der Waals surface area contributed by atoms with Crippen LogP contribution in [-0.4, -0.2) is 31.1 Å². The minimum atomic E-state index is -0.478. The summed E-state index contributed by atoms with van der Waals surface area (Å²) in [6.07, 6.45) is 1.65. The van der Waals surface area contributed by atoms with E-state index in [1.165, 1.54) is 12.1 Å². The summed E-state index contributed by atoms with van der Waals surface area (Å²) >= 11 is 3.49. The maximum Gasteiger partial charge on any atom is 0.269 e. The molecule has 25 heavy (non-hydrogen) atoms. The summed E-state index contributed by atoms with van der Waals surface area (Å²) in [7, 11) is 3.90. The van der Waals surface area contributed by atoms with Gasteiger partial charge in [0.2, 0.25) is 5.91 Å². The number of hydrogen-bond acceptors (Lipinski definition) is 5. The summed E-state index contributed by atoms with van der Waals surface area (Å²) in [6.45, 7) is 0. The summed E-state index contributed by atoms with van der Waals surface area (Å²) < 4.78 is 0.929. The van der Waals surface area contributed by atoms with Crippen molar-refractivity contribution in [2.45, 2.75) is 6.42 Å². The highest BCUT2D eigenvalue weighted by atomic mass is 79.9. The van der Waals surface area contributed by atoms with Crippen LogP contribution in [-0.2, 0) is 11.2 Å². The van der Waals surface area contributed by atoms with Crippen LogP contribution in [0.4, 0.5) is 11.4 Å². The number of non-ortho nitro benzene ring substituents is 1. The predicted molar refractivity (Wildman–Crippen MR) is 101 cm³/mol. The van der Waals surface area contributed by atoms with Gasteiger partial charge >= 0.3 is 0 Å². The number of hydrogen-bond donors (Lipinski definition) is 1. The number of halogens is 1. The molecule has 0 aliphatic heterocycles. The van der Waals surface area contributed by atoms with Crippen LogP contribution in [0.1, 0.15) is 11.1 Å². The Balaban J connectivity index is 1.92. The van der Waals surface area contributed by atoms with Crippen molar-refractivity contribution in [2.75, 3.05) is 19.0 Å². The van der Waals surface area contributed by atoms with Crippen LogP contribution in [0.2, 0.25) is 0 Å². The van der Waals surface area contributed by atoms with Gasteiger partial charge in [0.05, 0.1) is 23.2 Å². The fourth-order valence-corrected chi connectivity index (χ4v) is 2.86. The summed E-state index contributed by atoms with van der Waals surface area (Å²) in [5, 5.41) is 14.5.